The summed E-state index contributed by atoms with van der Waals surface area (Å²) in [5, 5.41) is 5.01. The summed E-state index contributed by atoms with van der Waals surface area (Å²) in [6.45, 7) is 0. The number of para-hydroxylation sites is 1. The molecule has 0 aliphatic rings. The summed E-state index contributed by atoms with van der Waals surface area (Å²) in [7, 11) is 0. The third-order valence-electron chi connectivity index (χ3n) is 10.7. The molecule has 0 N–H and O–H groups in total. The fourth-order valence-corrected chi connectivity index (χ4v) is 9.26. The number of thiophene rings is 1. The topological polar surface area (TPSA) is 43.6 Å². The van der Waals surface area contributed by atoms with Gasteiger partial charge in [0.05, 0.1) is 21.4 Å². The third-order valence-corrected chi connectivity index (χ3v) is 11.8. The summed E-state index contributed by atoms with van der Waals surface area (Å²) in [5.74, 6) is 1.88. The highest BCUT2D eigenvalue weighted by molar-refractivity contribution is 7.26. The minimum atomic E-state index is 0.618. The molecule has 0 radical (unpaired) electrons. The van der Waals surface area contributed by atoms with Crippen molar-refractivity contribution in [1.82, 2.24) is 19.5 Å². The maximum Gasteiger partial charge on any atom is 0.164 e. The van der Waals surface area contributed by atoms with E-state index in [2.05, 4.69) is 174 Å². The second kappa shape index (κ2) is 13.3. The number of hydrogen-bond donors (Lipinski definition) is 0. The van der Waals surface area contributed by atoms with Crippen molar-refractivity contribution in [1.29, 1.82) is 0 Å². The Kier molecular flexibility index (Phi) is 7.64. The molecule has 8 aromatic carbocycles. The van der Waals surface area contributed by atoms with E-state index in [-0.39, 0.29) is 0 Å². The molecular weight excluding hydrogens is 701 g/mol. The van der Waals surface area contributed by atoms with Crippen molar-refractivity contribution in [2.24, 2.45) is 0 Å². The molecular formula is C51H32N4S. The summed E-state index contributed by atoms with van der Waals surface area (Å²) < 4.78 is 5.03. The van der Waals surface area contributed by atoms with Crippen molar-refractivity contribution in [3.05, 3.63) is 194 Å². The highest BCUT2D eigenvalue weighted by Gasteiger charge is 2.21. The molecule has 0 saturated carbocycles. The fraction of sp³-hybridized carbons (Fsp3) is 0. The van der Waals surface area contributed by atoms with E-state index in [1.807, 2.05) is 35.6 Å². The Bertz CT molecular complexity index is 3240. The Morgan fingerprint density at radius 1 is 0.357 bits per heavy atom. The quantitative estimate of drug-likeness (QED) is 0.171. The van der Waals surface area contributed by atoms with Gasteiger partial charge < -0.3 is 4.57 Å². The lowest BCUT2D eigenvalue weighted by atomic mass is 10.0. The van der Waals surface area contributed by atoms with Gasteiger partial charge in [-0.2, -0.15) is 0 Å². The van der Waals surface area contributed by atoms with E-state index in [4.69, 9.17) is 15.0 Å². The Morgan fingerprint density at radius 2 is 0.911 bits per heavy atom. The Hall–Kier alpha value is -7.21. The van der Waals surface area contributed by atoms with Gasteiger partial charge in [-0.05, 0) is 41.0 Å². The normalized spacial score (nSPS) is 11.6. The first-order valence-electron chi connectivity index (χ1n) is 18.8. The van der Waals surface area contributed by atoms with Crippen LogP contribution in [0.5, 0.6) is 0 Å². The smallest absolute Gasteiger partial charge is 0.164 e. The number of fused-ring (bicyclic) bond motifs is 7. The van der Waals surface area contributed by atoms with Crippen LogP contribution >= 0.6 is 11.3 Å². The van der Waals surface area contributed by atoms with Gasteiger partial charge in [0.15, 0.2) is 17.5 Å². The van der Waals surface area contributed by atoms with Crippen LogP contribution in [-0.4, -0.2) is 19.5 Å². The number of nitrogens with zero attached hydrogens (tertiary/aromatic N) is 4. The second-order valence-corrected chi connectivity index (χ2v) is 15.1. The SMILES string of the molecule is c1ccc(-c2cccc(-c3nc(-c4ccccc4)nc(-c4ccc(-c5ccccc5)c(-n5c6ccccc6c6ccc7c8ccccc8sc7c65)c4)n3)c2)cc1. The van der Waals surface area contributed by atoms with Gasteiger partial charge in [0.25, 0.3) is 0 Å². The first-order chi connectivity index (χ1) is 27.8. The van der Waals surface area contributed by atoms with Crippen LogP contribution in [0.2, 0.25) is 0 Å². The van der Waals surface area contributed by atoms with Gasteiger partial charge in [-0.1, -0.05) is 170 Å². The number of benzene rings is 8. The average Bonchev–Trinajstić information content (AvgIpc) is 3.83. The Balaban J connectivity index is 1.19. The highest BCUT2D eigenvalue weighted by Crippen LogP contribution is 2.45. The molecule has 0 spiro atoms. The fourth-order valence-electron chi connectivity index (χ4n) is 8.02. The van der Waals surface area contributed by atoms with Crippen LogP contribution < -0.4 is 0 Å². The lowest BCUT2D eigenvalue weighted by Gasteiger charge is -2.17. The van der Waals surface area contributed by atoms with Crippen LogP contribution in [0.4, 0.5) is 0 Å². The monoisotopic (exact) mass is 732 g/mol. The summed E-state index contributed by atoms with van der Waals surface area (Å²) in [4.78, 5) is 15.5. The molecule has 0 aliphatic carbocycles. The Morgan fingerprint density at radius 3 is 1.66 bits per heavy atom. The molecule has 4 nitrogen and oxygen atoms in total. The maximum absolute atomic E-state index is 5.23. The molecule has 11 aromatic rings. The summed E-state index contributed by atoms with van der Waals surface area (Å²) in [5.41, 5.74) is 10.7. The van der Waals surface area contributed by atoms with Crippen molar-refractivity contribution < 1.29 is 0 Å². The van der Waals surface area contributed by atoms with Crippen molar-refractivity contribution in [2.75, 3.05) is 0 Å². The zero-order valence-electron chi connectivity index (χ0n) is 30.2. The van der Waals surface area contributed by atoms with Crippen LogP contribution in [0.15, 0.2) is 194 Å². The van der Waals surface area contributed by atoms with Gasteiger partial charge in [0.2, 0.25) is 0 Å². The summed E-state index contributed by atoms with van der Waals surface area (Å²) >= 11 is 1.86. The predicted molar refractivity (Wildman–Crippen MR) is 234 cm³/mol. The van der Waals surface area contributed by atoms with Crippen molar-refractivity contribution in [3.8, 4) is 62.1 Å². The van der Waals surface area contributed by atoms with Gasteiger partial charge in [-0.15, -0.1) is 11.3 Å². The van der Waals surface area contributed by atoms with Gasteiger partial charge in [0, 0.05) is 48.5 Å². The van der Waals surface area contributed by atoms with Crippen molar-refractivity contribution in [2.45, 2.75) is 0 Å². The van der Waals surface area contributed by atoms with E-state index < -0.39 is 0 Å². The number of aromatic nitrogens is 4. The van der Waals surface area contributed by atoms with E-state index in [1.54, 1.807) is 0 Å². The number of hydrogen-bond acceptors (Lipinski definition) is 4. The first-order valence-corrected chi connectivity index (χ1v) is 19.6. The second-order valence-electron chi connectivity index (χ2n) is 14.0. The molecule has 5 heteroatoms. The van der Waals surface area contributed by atoms with Crippen molar-refractivity contribution in [3.63, 3.8) is 0 Å². The standard InChI is InChI=1S/C51H32N4S/c1-4-15-33(16-5-1)36-21-14-22-37(31-36)50-52-49(35-19-8-3-9-20-35)53-51(54-50)38-27-28-39(34-17-6-2-7-18-34)45(32-38)55-44-25-12-10-23-40(44)42-29-30-43-41-24-11-13-26-46(41)56-48(43)47(42)55/h1-32H. The van der Waals surface area contributed by atoms with Crippen molar-refractivity contribution >= 4 is 53.3 Å². The van der Waals surface area contributed by atoms with E-state index in [0.29, 0.717) is 17.5 Å². The first kappa shape index (κ1) is 32.2. The minimum Gasteiger partial charge on any atom is -0.307 e. The molecule has 0 fully saturated rings. The molecule has 0 bridgehead atoms. The van der Waals surface area contributed by atoms with Crippen LogP contribution in [0, 0.1) is 0 Å². The molecule has 3 aromatic heterocycles. The van der Waals surface area contributed by atoms with Gasteiger partial charge in [-0.3, -0.25) is 0 Å². The number of rotatable bonds is 6. The molecule has 262 valence electrons. The van der Waals surface area contributed by atoms with Crippen LogP contribution in [0.1, 0.15) is 0 Å². The van der Waals surface area contributed by atoms with Crippen LogP contribution in [0.25, 0.3) is 104 Å². The molecule has 0 saturated heterocycles. The van der Waals surface area contributed by atoms with Gasteiger partial charge >= 0.3 is 0 Å². The van der Waals surface area contributed by atoms with E-state index >= 15 is 0 Å². The zero-order valence-corrected chi connectivity index (χ0v) is 31.0. The largest absolute Gasteiger partial charge is 0.307 e. The van der Waals surface area contributed by atoms with E-state index in [0.717, 1.165) is 50.1 Å². The molecule has 3 heterocycles. The van der Waals surface area contributed by atoms with E-state index in [1.165, 1.54) is 36.5 Å². The van der Waals surface area contributed by atoms with Gasteiger partial charge in [0.1, 0.15) is 0 Å². The molecule has 0 amide bonds. The molecule has 11 rings (SSSR count). The predicted octanol–water partition coefficient (Wildman–Crippen LogP) is 13.7. The van der Waals surface area contributed by atoms with E-state index in [9.17, 15) is 0 Å². The Labute approximate surface area is 327 Å². The maximum atomic E-state index is 5.23. The van der Waals surface area contributed by atoms with Crippen LogP contribution in [-0.2, 0) is 0 Å². The average molecular weight is 733 g/mol. The molecule has 0 unspecified atom stereocenters. The minimum absolute atomic E-state index is 0.618. The zero-order chi connectivity index (χ0) is 37.0. The summed E-state index contributed by atoms with van der Waals surface area (Å²) in [6.07, 6.45) is 0. The lowest BCUT2D eigenvalue weighted by molar-refractivity contribution is 1.07. The van der Waals surface area contributed by atoms with Crippen LogP contribution in [0.3, 0.4) is 0 Å². The summed E-state index contributed by atoms with van der Waals surface area (Å²) in [6, 6.07) is 68.5. The third kappa shape index (κ3) is 5.40. The highest BCUT2D eigenvalue weighted by atomic mass is 32.1. The van der Waals surface area contributed by atoms with Gasteiger partial charge in [-0.25, -0.2) is 15.0 Å². The molecule has 0 aliphatic heterocycles. The molecule has 56 heavy (non-hydrogen) atoms. The lowest BCUT2D eigenvalue weighted by Crippen LogP contribution is -2.02. The molecule has 0 atom stereocenters.